The van der Waals surface area contributed by atoms with Gasteiger partial charge in [-0.25, -0.2) is 9.98 Å². The van der Waals surface area contributed by atoms with Crippen molar-refractivity contribution in [1.82, 2.24) is 10.2 Å². The summed E-state index contributed by atoms with van der Waals surface area (Å²) in [7, 11) is 0. The Morgan fingerprint density at radius 3 is 1.64 bits per heavy atom. The Balaban J connectivity index is 2.76. The van der Waals surface area contributed by atoms with Gasteiger partial charge in [0.05, 0.1) is 5.57 Å². The maximum atomic E-state index is 13.8. The first-order valence-electron chi connectivity index (χ1n) is 7.56. The van der Waals surface area contributed by atoms with Gasteiger partial charge >= 0.3 is 18.5 Å². The number of nitrogens with zero attached hydrogens (tertiary/aromatic N) is 3. The maximum Gasteiger partial charge on any atom is 0.449 e. The molecule has 0 unspecified atom stereocenters. The molecule has 0 saturated heterocycles. The van der Waals surface area contributed by atoms with Crippen molar-refractivity contribution in [3.63, 3.8) is 0 Å². The number of rotatable bonds is 1. The van der Waals surface area contributed by atoms with Gasteiger partial charge in [0.25, 0.3) is 5.66 Å². The van der Waals surface area contributed by atoms with Crippen molar-refractivity contribution in [2.75, 3.05) is 6.54 Å². The van der Waals surface area contributed by atoms with E-state index in [4.69, 9.17) is 5.41 Å². The van der Waals surface area contributed by atoms with E-state index in [0.717, 1.165) is 10.2 Å². The molecule has 0 spiro atoms. The van der Waals surface area contributed by atoms with Crippen molar-refractivity contribution in [3.05, 3.63) is 11.6 Å². The number of nitrogens with one attached hydrogen (secondary N) is 2. The van der Waals surface area contributed by atoms with Gasteiger partial charge in [0.2, 0.25) is 11.7 Å². The molecule has 2 aliphatic heterocycles. The van der Waals surface area contributed by atoms with E-state index in [0.29, 0.717) is 6.08 Å². The van der Waals surface area contributed by atoms with Crippen molar-refractivity contribution in [2.24, 2.45) is 9.98 Å². The third-order valence-corrected chi connectivity index (χ3v) is 3.90. The predicted octanol–water partition coefficient (Wildman–Crippen LogP) is 3.79. The lowest BCUT2D eigenvalue weighted by atomic mass is 9.97. The molecule has 2 heterocycles. The molecule has 0 aromatic heterocycles. The van der Waals surface area contributed by atoms with Gasteiger partial charge in [-0.2, -0.15) is 39.5 Å². The minimum Gasteiger partial charge on any atom is -0.348 e. The number of aliphatic imine (C=N–C) groups is 2. The molecule has 0 aliphatic carbocycles. The molecule has 0 aromatic rings. The predicted molar refractivity (Wildman–Crippen MR) is 81.2 cm³/mol. The van der Waals surface area contributed by atoms with Gasteiger partial charge in [-0.3, -0.25) is 5.41 Å². The molecule has 0 radical (unpaired) electrons. The van der Waals surface area contributed by atoms with Crippen LogP contribution in [0.2, 0.25) is 0 Å². The number of amidine groups is 3. The molecule has 14 heteroatoms. The van der Waals surface area contributed by atoms with Crippen molar-refractivity contribution in [2.45, 2.75) is 50.5 Å². The van der Waals surface area contributed by atoms with Crippen molar-refractivity contribution < 1.29 is 39.5 Å². The lowest BCUT2D eigenvalue weighted by Gasteiger charge is -2.38. The summed E-state index contributed by atoms with van der Waals surface area (Å²) in [5, 5.41) is 8.72. The number of alkyl halides is 9. The lowest BCUT2D eigenvalue weighted by molar-refractivity contribution is -0.172. The zero-order chi connectivity index (χ0) is 21.9. The molecule has 2 rings (SSSR count). The molecular formula is C14H14F9N5. The van der Waals surface area contributed by atoms with Gasteiger partial charge in [0, 0.05) is 12.1 Å². The van der Waals surface area contributed by atoms with Gasteiger partial charge in [-0.1, -0.05) is 6.08 Å². The fourth-order valence-corrected chi connectivity index (χ4v) is 2.62. The summed E-state index contributed by atoms with van der Waals surface area (Å²) >= 11 is 0. The van der Waals surface area contributed by atoms with Crippen LogP contribution in [0.15, 0.2) is 21.6 Å². The van der Waals surface area contributed by atoms with Gasteiger partial charge in [-0.05, 0) is 20.8 Å². The topological polar surface area (TPSA) is 63.8 Å². The normalized spacial score (nSPS) is 21.2. The molecule has 0 bridgehead atoms. The van der Waals surface area contributed by atoms with E-state index in [1.807, 2.05) is 0 Å². The minimum atomic E-state index is -5.78. The van der Waals surface area contributed by atoms with E-state index in [1.54, 1.807) is 0 Å². The van der Waals surface area contributed by atoms with Crippen molar-refractivity contribution >= 4 is 17.5 Å². The first-order valence-corrected chi connectivity index (χ1v) is 7.56. The van der Waals surface area contributed by atoms with E-state index in [2.05, 4.69) is 9.98 Å². The smallest absolute Gasteiger partial charge is 0.348 e. The SMILES string of the molecule is CC(C)(C)N1CC=C(C2(C(F)(F)F)N=C(C(F)(F)F)NC(C(F)(F)F)=N2)C1=N. The van der Waals surface area contributed by atoms with Crippen LogP contribution in [0, 0.1) is 5.41 Å². The molecule has 0 atom stereocenters. The van der Waals surface area contributed by atoms with Gasteiger partial charge < -0.3 is 10.2 Å². The van der Waals surface area contributed by atoms with Crippen LogP contribution in [0.5, 0.6) is 0 Å². The molecule has 0 saturated carbocycles. The zero-order valence-corrected chi connectivity index (χ0v) is 14.5. The molecule has 0 fully saturated rings. The average molecular weight is 423 g/mol. The quantitative estimate of drug-likeness (QED) is 0.631. The minimum absolute atomic E-state index is 0.337. The van der Waals surface area contributed by atoms with Crippen LogP contribution in [0.4, 0.5) is 39.5 Å². The third kappa shape index (κ3) is 3.68. The Labute approximate surface area is 152 Å². The van der Waals surface area contributed by atoms with Crippen LogP contribution in [0.1, 0.15) is 20.8 Å². The summed E-state index contributed by atoms with van der Waals surface area (Å²) in [6, 6.07) is 0. The highest BCUT2D eigenvalue weighted by Gasteiger charge is 2.65. The molecule has 28 heavy (non-hydrogen) atoms. The van der Waals surface area contributed by atoms with E-state index >= 15 is 0 Å². The molecule has 2 N–H and O–H groups in total. The van der Waals surface area contributed by atoms with Gasteiger partial charge in [0.1, 0.15) is 5.84 Å². The number of hydrogen-bond acceptors (Lipinski definition) is 4. The number of halogens is 9. The summed E-state index contributed by atoms with van der Waals surface area (Å²) in [6.45, 7) is 4.19. The highest BCUT2D eigenvalue weighted by Crippen LogP contribution is 2.46. The second kappa shape index (κ2) is 6.11. The van der Waals surface area contributed by atoms with Crippen LogP contribution in [-0.2, 0) is 0 Å². The van der Waals surface area contributed by atoms with Crippen molar-refractivity contribution in [1.29, 1.82) is 5.41 Å². The molecular weight excluding hydrogens is 409 g/mol. The van der Waals surface area contributed by atoms with Crippen LogP contribution >= 0.6 is 0 Å². The van der Waals surface area contributed by atoms with Gasteiger partial charge in [0.15, 0.2) is 0 Å². The van der Waals surface area contributed by atoms with E-state index in [1.165, 1.54) is 20.8 Å². The third-order valence-electron chi connectivity index (χ3n) is 3.90. The highest BCUT2D eigenvalue weighted by molar-refractivity contribution is 6.09. The number of hydrogen-bond donors (Lipinski definition) is 2. The summed E-state index contributed by atoms with van der Waals surface area (Å²) in [5.41, 5.74) is -6.40. The fourth-order valence-electron chi connectivity index (χ4n) is 2.62. The average Bonchev–Trinajstić information content (AvgIpc) is 2.85. The molecule has 5 nitrogen and oxygen atoms in total. The summed E-state index contributed by atoms with van der Waals surface area (Å²) in [4.78, 5) is 6.07. The largest absolute Gasteiger partial charge is 0.449 e. The standard InChI is InChI=1S/C14H14F9N5/c1-10(2,3)28-5-4-6(7(28)24)11(14(21,22)23)26-8(12(15,16)17)25-9(27-11)13(18,19)20/h4,24H,5H2,1-3H3,(H,25,26,27). The van der Waals surface area contributed by atoms with E-state index in [-0.39, 0.29) is 6.54 Å². The Morgan fingerprint density at radius 1 is 0.929 bits per heavy atom. The monoisotopic (exact) mass is 423 g/mol. The van der Waals surface area contributed by atoms with Gasteiger partial charge in [-0.15, -0.1) is 0 Å². The second-order valence-electron chi connectivity index (χ2n) is 6.96. The summed E-state index contributed by atoms with van der Waals surface area (Å²) in [5.74, 6) is -5.92. The fraction of sp³-hybridized carbons (Fsp3) is 0.643. The lowest BCUT2D eigenvalue weighted by Crippen LogP contribution is -2.58. The van der Waals surface area contributed by atoms with Crippen LogP contribution in [0.25, 0.3) is 0 Å². The Kier molecular flexibility index (Phi) is 4.80. The Bertz CT molecular complexity index is 732. The zero-order valence-electron chi connectivity index (χ0n) is 14.5. The second-order valence-corrected chi connectivity index (χ2v) is 6.96. The maximum absolute atomic E-state index is 13.8. The molecule has 0 aromatic carbocycles. The first-order chi connectivity index (χ1) is 12.3. The van der Waals surface area contributed by atoms with Crippen molar-refractivity contribution in [3.8, 4) is 0 Å². The van der Waals surface area contributed by atoms with E-state index in [9.17, 15) is 39.5 Å². The van der Waals surface area contributed by atoms with Crippen LogP contribution < -0.4 is 5.32 Å². The molecule has 0 amide bonds. The first kappa shape index (κ1) is 22.0. The molecule has 2 aliphatic rings. The Morgan fingerprint density at radius 2 is 1.36 bits per heavy atom. The molecule has 158 valence electrons. The highest BCUT2D eigenvalue weighted by atomic mass is 19.4. The van der Waals surface area contributed by atoms with E-state index < -0.39 is 52.8 Å². The van der Waals surface area contributed by atoms with Crippen LogP contribution in [-0.4, -0.2) is 58.7 Å². The Hall–Kier alpha value is -2.28. The summed E-state index contributed by atoms with van der Waals surface area (Å²) < 4.78 is 120. The van der Waals surface area contributed by atoms with Crippen LogP contribution in [0.3, 0.4) is 0 Å². The summed E-state index contributed by atoms with van der Waals surface area (Å²) in [6.07, 6.45) is -16.4.